The fourth-order valence-electron chi connectivity index (χ4n) is 3.04. The summed E-state index contributed by atoms with van der Waals surface area (Å²) in [7, 11) is 0. The maximum absolute atomic E-state index is 13.0. The molecule has 0 radical (unpaired) electrons. The molecule has 6 heteroatoms. The van der Waals surface area contributed by atoms with Gasteiger partial charge in [0.1, 0.15) is 0 Å². The Morgan fingerprint density at radius 3 is 2.46 bits per heavy atom. The summed E-state index contributed by atoms with van der Waals surface area (Å²) in [6.07, 6.45) is 3.98. The first-order valence-corrected chi connectivity index (χ1v) is 9.85. The highest BCUT2D eigenvalue weighted by atomic mass is 16.2. The van der Waals surface area contributed by atoms with Gasteiger partial charge in [-0.15, -0.1) is 0 Å². The number of hydrogen-bond donors (Lipinski definition) is 3. The minimum Gasteiger partial charge on any atom is -0.397 e. The number of amides is 3. The monoisotopic (exact) mass is 380 g/mol. The third-order valence-electron chi connectivity index (χ3n) is 5.17. The quantitative estimate of drug-likeness (QED) is 0.657. The molecule has 1 saturated carbocycles. The summed E-state index contributed by atoms with van der Waals surface area (Å²) in [4.78, 5) is 26.9. The molecule has 0 aliphatic heterocycles. The van der Waals surface area contributed by atoms with Crippen molar-refractivity contribution < 1.29 is 9.59 Å². The van der Waals surface area contributed by atoms with Gasteiger partial charge in [0.15, 0.2) is 0 Å². The largest absolute Gasteiger partial charge is 0.397 e. The molecule has 1 aliphatic carbocycles. The predicted molar refractivity (Wildman–Crippen MR) is 113 cm³/mol. The summed E-state index contributed by atoms with van der Waals surface area (Å²) < 4.78 is 0. The zero-order chi connectivity index (χ0) is 20.1. The lowest BCUT2D eigenvalue weighted by molar-refractivity contribution is 0.0939. The Bertz CT molecular complexity index is 834. The summed E-state index contributed by atoms with van der Waals surface area (Å²) in [6, 6.07) is 14.5. The molecule has 3 rings (SSSR count). The van der Waals surface area contributed by atoms with Crippen molar-refractivity contribution in [3.8, 4) is 0 Å². The molecule has 28 heavy (non-hydrogen) atoms. The highest BCUT2D eigenvalue weighted by Gasteiger charge is 2.26. The van der Waals surface area contributed by atoms with Crippen LogP contribution in [0.1, 0.15) is 49.9 Å². The SMILES string of the molecule is CC[C@H](C)NC(=O)c1ccc(N(C(=O)NC2CCC2)c2ccccc2)c(N)c1. The molecular weight excluding hydrogens is 352 g/mol. The van der Waals surface area contributed by atoms with Crippen LogP contribution in [0, 0.1) is 0 Å². The van der Waals surface area contributed by atoms with Crippen LogP contribution in [-0.2, 0) is 0 Å². The normalized spacial score (nSPS) is 14.6. The van der Waals surface area contributed by atoms with Crippen molar-refractivity contribution in [1.29, 1.82) is 0 Å². The average molecular weight is 380 g/mol. The van der Waals surface area contributed by atoms with Crippen molar-refractivity contribution in [1.82, 2.24) is 10.6 Å². The Kier molecular flexibility index (Phi) is 6.19. The summed E-state index contributed by atoms with van der Waals surface area (Å²) in [5, 5.41) is 5.99. The highest BCUT2D eigenvalue weighted by molar-refractivity contribution is 6.04. The van der Waals surface area contributed by atoms with E-state index in [0.29, 0.717) is 16.9 Å². The number of benzene rings is 2. The van der Waals surface area contributed by atoms with Crippen LogP contribution in [0.25, 0.3) is 0 Å². The Morgan fingerprint density at radius 2 is 1.89 bits per heavy atom. The van der Waals surface area contributed by atoms with Gasteiger partial charge < -0.3 is 16.4 Å². The number of carbonyl (C=O) groups is 2. The van der Waals surface area contributed by atoms with Crippen molar-refractivity contribution >= 4 is 29.0 Å². The van der Waals surface area contributed by atoms with E-state index in [1.165, 1.54) is 0 Å². The minimum absolute atomic E-state index is 0.0856. The minimum atomic E-state index is -0.209. The predicted octanol–water partition coefficient (Wildman–Crippen LogP) is 4.20. The summed E-state index contributed by atoms with van der Waals surface area (Å²) in [5.74, 6) is -0.169. The van der Waals surface area contributed by atoms with Gasteiger partial charge in [-0.1, -0.05) is 25.1 Å². The van der Waals surface area contributed by atoms with Gasteiger partial charge >= 0.3 is 6.03 Å². The van der Waals surface area contributed by atoms with Crippen LogP contribution in [0.5, 0.6) is 0 Å². The first kappa shape index (κ1) is 19.7. The Hall–Kier alpha value is -3.02. The molecule has 3 amide bonds. The first-order valence-electron chi connectivity index (χ1n) is 9.85. The lowest BCUT2D eigenvalue weighted by Crippen LogP contribution is -2.46. The van der Waals surface area contributed by atoms with E-state index in [-0.39, 0.29) is 24.0 Å². The molecule has 4 N–H and O–H groups in total. The molecule has 0 heterocycles. The smallest absolute Gasteiger partial charge is 0.326 e. The van der Waals surface area contributed by atoms with Gasteiger partial charge in [-0.25, -0.2) is 4.79 Å². The number of nitrogens with two attached hydrogens (primary N) is 1. The average Bonchev–Trinajstić information content (AvgIpc) is 2.66. The molecule has 1 atom stereocenters. The maximum Gasteiger partial charge on any atom is 0.326 e. The second kappa shape index (κ2) is 8.78. The van der Waals surface area contributed by atoms with Crippen molar-refractivity contribution in [2.24, 2.45) is 0 Å². The molecular formula is C22H28N4O2. The van der Waals surface area contributed by atoms with Crippen molar-refractivity contribution in [3.63, 3.8) is 0 Å². The molecule has 148 valence electrons. The Labute approximate surface area is 166 Å². The standard InChI is InChI=1S/C22H28N4O2/c1-3-15(2)24-21(27)16-12-13-20(19(23)14-16)26(18-10-5-4-6-11-18)22(28)25-17-8-7-9-17/h4-6,10-15,17H,3,7-9,23H2,1-2H3,(H,24,27)(H,25,28)/t15-/m0/s1. The van der Waals surface area contributed by atoms with Crippen LogP contribution >= 0.6 is 0 Å². The highest BCUT2D eigenvalue weighted by Crippen LogP contribution is 2.32. The van der Waals surface area contributed by atoms with Crippen molar-refractivity contribution in [3.05, 3.63) is 54.1 Å². The summed E-state index contributed by atoms with van der Waals surface area (Å²) in [6.45, 7) is 3.97. The summed E-state index contributed by atoms with van der Waals surface area (Å²) in [5.41, 5.74) is 8.42. The molecule has 2 aromatic rings. The van der Waals surface area contributed by atoms with E-state index in [9.17, 15) is 9.59 Å². The van der Waals surface area contributed by atoms with Crippen LogP contribution < -0.4 is 21.3 Å². The van der Waals surface area contributed by atoms with Gasteiger partial charge in [0.05, 0.1) is 17.1 Å². The van der Waals surface area contributed by atoms with Gasteiger partial charge in [0, 0.05) is 17.6 Å². The zero-order valence-corrected chi connectivity index (χ0v) is 16.4. The number of urea groups is 1. The first-order chi connectivity index (χ1) is 13.5. The molecule has 1 fully saturated rings. The van der Waals surface area contributed by atoms with E-state index < -0.39 is 0 Å². The third-order valence-corrected chi connectivity index (χ3v) is 5.17. The fourth-order valence-corrected chi connectivity index (χ4v) is 3.04. The van der Waals surface area contributed by atoms with Crippen molar-refractivity contribution in [2.75, 3.05) is 10.6 Å². The summed E-state index contributed by atoms with van der Waals surface area (Å²) >= 11 is 0. The number of hydrogen-bond acceptors (Lipinski definition) is 3. The van der Waals surface area contributed by atoms with Crippen LogP contribution in [0.4, 0.5) is 21.9 Å². The van der Waals surface area contributed by atoms with Crippen molar-refractivity contribution in [2.45, 2.75) is 51.6 Å². The van der Waals surface area contributed by atoms with E-state index in [0.717, 1.165) is 31.4 Å². The molecule has 0 aromatic heterocycles. The van der Waals surface area contributed by atoms with E-state index in [2.05, 4.69) is 10.6 Å². The van der Waals surface area contributed by atoms with E-state index in [1.54, 1.807) is 23.1 Å². The number of nitrogens with zero attached hydrogens (tertiary/aromatic N) is 1. The van der Waals surface area contributed by atoms with Gasteiger partial charge in [0.25, 0.3) is 5.91 Å². The fraction of sp³-hybridized carbons (Fsp3) is 0.364. The van der Waals surface area contributed by atoms with Gasteiger partial charge in [-0.05, 0) is 62.9 Å². The van der Waals surface area contributed by atoms with Gasteiger partial charge in [-0.2, -0.15) is 0 Å². The number of para-hydroxylation sites is 1. The van der Waals surface area contributed by atoms with E-state index in [1.807, 2.05) is 44.2 Å². The number of rotatable bonds is 6. The lowest BCUT2D eigenvalue weighted by Gasteiger charge is -2.31. The maximum atomic E-state index is 13.0. The Morgan fingerprint density at radius 1 is 1.18 bits per heavy atom. The Balaban J connectivity index is 1.89. The second-order valence-corrected chi connectivity index (χ2v) is 7.30. The van der Waals surface area contributed by atoms with Gasteiger partial charge in [0.2, 0.25) is 0 Å². The third kappa shape index (κ3) is 4.44. The zero-order valence-electron chi connectivity index (χ0n) is 16.4. The van der Waals surface area contributed by atoms with Crippen LogP contribution in [0.2, 0.25) is 0 Å². The molecule has 0 saturated heterocycles. The lowest BCUT2D eigenvalue weighted by atomic mass is 9.93. The molecule has 0 spiro atoms. The molecule has 6 nitrogen and oxygen atoms in total. The number of anilines is 3. The van der Waals surface area contributed by atoms with Crippen LogP contribution in [0.3, 0.4) is 0 Å². The number of nitrogens with one attached hydrogen (secondary N) is 2. The van der Waals surface area contributed by atoms with Crippen LogP contribution in [0.15, 0.2) is 48.5 Å². The number of carbonyl (C=O) groups excluding carboxylic acids is 2. The topological polar surface area (TPSA) is 87.5 Å². The second-order valence-electron chi connectivity index (χ2n) is 7.30. The molecule has 0 unspecified atom stereocenters. The molecule has 1 aliphatic rings. The van der Waals surface area contributed by atoms with Gasteiger partial charge in [-0.3, -0.25) is 9.69 Å². The van der Waals surface area contributed by atoms with E-state index in [4.69, 9.17) is 5.73 Å². The molecule has 0 bridgehead atoms. The van der Waals surface area contributed by atoms with Crippen LogP contribution in [-0.4, -0.2) is 24.0 Å². The molecule has 2 aromatic carbocycles. The van der Waals surface area contributed by atoms with E-state index >= 15 is 0 Å². The number of nitrogen functional groups attached to an aromatic ring is 1.